The monoisotopic (exact) mass is 374 g/mol. The molecule has 8 nitrogen and oxygen atoms in total. The smallest absolute Gasteiger partial charge is 0.328 e. The van der Waals surface area contributed by atoms with Gasteiger partial charge in [-0.3, -0.25) is 0 Å². The lowest BCUT2D eigenvalue weighted by atomic mass is 9.95. The second-order valence-electron chi connectivity index (χ2n) is 6.87. The van der Waals surface area contributed by atoms with Crippen LogP contribution in [-0.4, -0.2) is 61.7 Å². The van der Waals surface area contributed by atoms with E-state index in [0.717, 1.165) is 18.2 Å². The summed E-state index contributed by atoms with van der Waals surface area (Å²) >= 11 is 0. The number of hydrogen-bond donors (Lipinski definition) is 4. The van der Waals surface area contributed by atoms with E-state index in [9.17, 15) is 20.2 Å². The highest BCUT2D eigenvalue weighted by atomic mass is 16.7. The zero-order valence-electron chi connectivity index (χ0n) is 16.3. The summed E-state index contributed by atoms with van der Waals surface area (Å²) in [7, 11) is 0. The fourth-order valence-electron chi connectivity index (χ4n) is 2.45. The Morgan fingerprint density at radius 2 is 1.92 bits per heavy atom. The third-order valence-electron chi connectivity index (χ3n) is 3.89. The van der Waals surface area contributed by atoms with Gasteiger partial charge in [0.2, 0.25) is 6.29 Å². The maximum absolute atomic E-state index is 10.4. The van der Waals surface area contributed by atoms with Gasteiger partial charge in [-0.2, -0.15) is 5.06 Å². The van der Waals surface area contributed by atoms with Gasteiger partial charge in [0.25, 0.3) is 0 Å². The molecule has 0 fully saturated rings. The van der Waals surface area contributed by atoms with E-state index in [-0.39, 0.29) is 6.42 Å². The van der Waals surface area contributed by atoms with Crippen molar-refractivity contribution in [1.82, 2.24) is 5.06 Å². The van der Waals surface area contributed by atoms with E-state index < -0.39 is 23.9 Å². The van der Waals surface area contributed by atoms with E-state index in [1.54, 1.807) is 0 Å². The van der Waals surface area contributed by atoms with E-state index in [0.29, 0.717) is 32.2 Å². The number of hydroxylamine groups is 2. The van der Waals surface area contributed by atoms with Crippen molar-refractivity contribution in [3.05, 3.63) is 12.2 Å². The van der Waals surface area contributed by atoms with Crippen molar-refractivity contribution in [1.29, 1.82) is 0 Å². The van der Waals surface area contributed by atoms with Gasteiger partial charge in [-0.05, 0) is 39.2 Å². The van der Waals surface area contributed by atoms with Crippen molar-refractivity contribution in [2.24, 2.45) is 5.16 Å². The summed E-state index contributed by atoms with van der Waals surface area (Å²) < 4.78 is 0. The quantitative estimate of drug-likeness (QED) is 0.159. The molecule has 0 amide bonds. The Labute approximate surface area is 155 Å². The van der Waals surface area contributed by atoms with Gasteiger partial charge in [-0.15, -0.1) is 0 Å². The Hall–Kier alpha value is -1.48. The van der Waals surface area contributed by atoms with Crippen molar-refractivity contribution in [2.45, 2.75) is 84.2 Å². The van der Waals surface area contributed by atoms with E-state index in [2.05, 4.69) is 5.16 Å². The van der Waals surface area contributed by atoms with Crippen LogP contribution in [0.25, 0.3) is 0 Å². The van der Waals surface area contributed by atoms with Crippen molar-refractivity contribution < 1.29 is 30.2 Å². The van der Waals surface area contributed by atoms with Crippen LogP contribution in [0.5, 0.6) is 0 Å². The molecule has 4 N–H and O–H groups in total. The number of carboxylic acids is 1. The normalized spacial score (nSPS) is 15.5. The fourth-order valence-corrected chi connectivity index (χ4v) is 2.45. The minimum atomic E-state index is -1.11. The maximum Gasteiger partial charge on any atom is 0.328 e. The van der Waals surface area contributed by atoms with E-state index in [4.69, 9.17) is 9.94 Å². The van der Waals surface area contributed by atoms with Crippen molar-refractivity contribution in [2.75, 3.05) is 6.54 Å². The molecule has 0 rings (SSSR count). The summed E-state index contributed by atoms with van der Waals surface area (Å²) in [6.07, 6.45) is 3.24. The Morgan fingerprint density at radius 3 is 2.46 bits per heavy atom. The number of aliphatic hydroxyl groups is 2. The summed E-state index contributed by atoms with van der Waals surface area (Å²) in [4.78, 5) is 15.5. The largest absolute Gasteiger partial charge is 0.478 e. The molecule has 0 saturated carbocycles. The first kappa shape index (κ1) is 24.5. The van der Waals surface area contributed by atoms with Gasteiger partial charge in [-0.1, -0.05) is 25.4 Å². The highest BCUT2D eigenvalue weighted by Crippen LogP contribution is 2.19. The number of aliphatic hydroxyl groups excluding tert-OH is 2. The molecule has 0 heterocycles. The summed E-state index contributed by atoms with van der Waals surface area (Å²) in [6.45, 7) is 8.18. The molecule has 0 spiro atoms. The zero-order chi connectivity index (χ0) is 20.2. The van der Waals surface area contributed by atoms with Gasteiger partial charge in [0.05, 0.1) is 11.8 Å². The predicted molar refractivity (Wildman–Crippen MR) is 98.9 cm³/mol. The summed E-state index contributed by atoms with van der Waals surface area (Å²) in [6, 6.07) is 0. The van der Waals surface area contributed by atoms with Crippen molar-refractivity contribution in [3.63, 3.8) is 0 Å². The Morgan fingerprint density at radius 1 is 1.27 bits per heavy atom. The highest BCUT2D eigenvalue weighted by Gasteiger charge is 2.26. The molecule has 0 bridgehead atoms. The average Bonchev–Trinajstić information content (AvgIpc) is 2.57. The standard InChI is InChI=1S/C18H34N2O6/c1-5-8-14(13-18(3,4)20(25)6-2)19-26-17(24)10-7-9-15(21)11-12-16(22)23/h11-12,15,17,21,24-25H,5-10,13H2,1-4H3,(H,22,23)/b12-11+,19-14-. The van der Waals surface area contributed by atoms with Gasteiger partial charge in [0.1, 0.15) is 0 Å². The van der Waals surface area contributed by atoms with Crippen molar-refractivity contribution >= 4 is 11.7 Å². The number of rotatable bonds is 14. The molecule has 0 aromatic rings. The molecule has 0 aliphatic heterocycles. The molecule has 0 aliphatic rings. The predicted octanol–water partition coefficient (Wildman–Crippen LogP) is 2.53. The number of carboxylic acid groups (broad SMARTS) is 1. The first-order valence-corrected chi connectivity index (χ1v) is 9.07. The second kappa shape index (κ2) is 12.8. The average molecular weight is 374 g/mol. The number of aliphatic carboxylic acids is 1. The van der Waals surface area contributed by atoms with Crippen LogP contribution in [-0.2, 0) is 9.63 Å². The number of hydrogen-bond acceptors (Lipinski definition) is 7. The van der Waals surface area contributed by atoms with Gasteiger partial charge in [0.15, 0.2) is 0 Å². The van der Waals surface area contributed by atoms with Crippen LogP contribution in [0.1, 0.15) is 66.2 Å². The van der Waals surface area contributed by atoms with Gasteiger partial charge < -0.3 is 25.4 Å². The summed E-state index contributed by atoms with van der Waals surface area (Å²) in [5.74, 6) is -1.11. The molecule has 2 unspecified atom stereocenters. The van der Waals surface area contributed by atoms with Crippen LogP contribution in [0, 0.1) is 0 Å². The first-order chi connectivity index (χ1) is 12.1. The Kier molecular flexibility index (Phi) is 12.1. The van der Waals surface area contributed by atoms with Crippen LogP contribution in [0.2, 0.25) is 0 Å². The van der Waals surface area contributed by atoms with Crippen LogP contribution in [0.3, 0.4) is 0 Å². The summed E-state index contributed by atoms with van der Waals surface area (Å²) in [5, 5.41) is 43.2. The minimum absolute atomic E-state index is 0.269. The maximum atomic E-state index is 10.4. The summed E-state index contributed by atoms with van der Waals surface area (Å²) in [5.41, 5.74) is 0.269. The van der Waals surface area contributed by atoms with Crippen LogP contribution in [0.4, 0.5) is 0 Å². The van der Waals surface area contributed by atoms with E-state index >= 15 is 0 Å². The molecule has 0 radical (unpaired) electrons. The first-order valence-electron chi connectivity index (χ1n) is 9.07. The lowest BCUT2D eigenvalue weighted by Crippen LogP contribution is -2.43. The number of oxime groups is 1. The molecule has 0 aliphatic carbocycles. The third kappa shape index (κ3) is 11.2. The number of nitrogens with zero attached hydrogens (tertiary/aromatic N) is 2. The van der Waals surface area contributed by atoms with Crippen LogP contribution in [0.15, 0.2) is 17.3 Å². The molecule has 2 atom stereocenters. The molecular weight excluding hydrogens is 340 g/mol. The SMILES string of the molecule is CCC/C(CC(C)(C)N(O)CC)=N/OC(O)CCCC(O)/C=C/C(=O)O. The highest BCUT2D eigenvalue weighted by molar-refractivity contribution is 5.84. The van der Waals surface area contributed by atoms with Gasteiger partial charge >= 0.3 is 5.97 Å². The zero-order valence-corrected chi connectivity index (χ0v) is 16.3. The van der Waals surface area contributed by atoms with Gasteiger partial charge in [-0.25, -0.2) is 4.79 Å². The van der Waals surface area contributed by atoms with Crippen LogP contribution >= 0.6 is 0 Å². The molecule has 0 aromatic heterocycles. The molecule has 152 valence electrons. The molecule has 0 saturated heterocycles. The topological polar surface area (TPSA) is 123 Å². The Balaban J connectivity index is 4.45. The lowest BCUT2D eigenvalue weighted by molar-refractivity contribution is -0.156. The van der Waals surface area contributed by atoms with Crippen molar-refractivity contribution in [3.8, 4) is 0 Å². The molecule has 0 aromatic carbocycles. The molecule has 8 heteroatoms. The Bertz CT molecular complexity index is 465. The fraction of sp³-hybridized carbons (Fsp3) is 0.778. The van der Waals surface area contributed by atoms with E-state index in [1.165, 1.54) is 11.1 Å². The molecular formula is C18H34N2O6. The molecule has 26 heavy (non-hydrogen) atoms. The van der Waals surface area contributed by atoms with Crippen LogP contribution < -0.4 is 0 Å². The van der Waals surface area contributed by atoms with Gasteiger partial charge in [0, 0.05) is 31.0 Å². The minimum Gasteiger partial charge on any atom is -0.478 e. The van der Waals surface area contributed by atoms with E-state index in [1.807, 2.05) is 27.7 Å². The third-order valence-corrected chi connectivity index (χ3v) is 3.89. The number of carbonyl (C=O) groups is 1. The second-order valence-corrected chi connectivity index (χ2v) is 6.87. The lowest BCUT2D eigenvalue weighted by Gasteiger charge is -2.33.